The third-order valence-electron chi connectivity index (χ3n) is 2.25. The molecule has 86 valence electrons. The molecule has 0 aliphatic carbocycles. The van der Waals surface area contributed by atoms with Crippen LogP contribution in [0.1, 0.15) is 11.3 Å². The van der Waals surface area contributed by atoms with Crippen LogP contribution in [0.15, 0.2) is 24.7 Å². The topological polar surface area (TPSA) is 42.7 Å². The van der Waals surface area contributed by atoms with Crippen molar-refractivity contribution in [3.8, 4) is 12.3 Å². The van der Waals surface area contributed by atoms with Crippen molar-refractivity contribution in [2.45, 2.75) is 6.54 Å². The Hall–Kier alpha value is -2.35. The van der Waals surface area contributed by atoms with Crippen molar-refractivity contribution in [3.63, 3.8) is 0 Å². The molecule has 1 N–H and O–H groups in total. The van der Waals surface area contributed by atoms with E-state index in [1.165, 1.54) is 12.3 Å². The molecule has 0 aliphatic rings. The number of anilines is 1. The van der Waals surface area contributed by atoms with Crippen LogP contribution in [0.4, 0.5) is 10.1 Å². The Morgan fingerprint density at radius 3 is 2.94 bits per heavy atom. The lowest BCUT2D eigenvalue weighted by Gasteiger charge is -2.04. The predicted octanol–water partition coefficient (Wildman–Crippen LogP) is 1.55. The van der Waals surface area contributed by atoms with Crippen LogP contribution in [-0.4, -0.2) is 14.8 Å². The Labute approximate surface area is 98.5 Å². The van der Waals surface area contributed by atoms with E-state index < -0.39 is 5.82 Å². The first-order valence-electron chi connectivity index (χ1n) is 5.02. The number of rotatable bonds is 3. The molecule has 0 spiro atoms. The zero-order valence-corrected chi connectivity index (χ0v) is 9.31. The highest BCUT2D eigenvalue weighted by Crippen LogP contribution is 2.10. The Morgan fingerprint density at radius 1 is 1.53 bits per heavy atom. The zero-order valence-electron chi connectivity index (χ0n) is 9.31. The Balaban J connectivity index is 2.07. The number of aromatic nitrogens is 3. The third-order valence-corrected chi connectivity index (χ3v) is 2.25. The van der Waals surface area contributed by atoms with Gasteiger partial charge in [0.05, 0.1) is 24.1 Å². The monoisotopic (exact) mass is 230 g/mol. The summed E-state index contributed by atoms with van der Waals surface area (Å²) in [6, 6.07) is 1.30. The first kappa shape index (κ1) is 11.1. The van der Waals surface area contributed by atoms with Crippen LogP contribution < -0.4 is 5.32 Å². The van der Waals surface area contributed by atoms with Crippen LogP contribution in [0.3, 0.4) is 0 Å². The van der Waals surface area contributed by atoms with Gasteiger partial charge in [0, 0.05) is 25.0 Å². The number of hydrogen-bond acceptors (Lipinski definition) is 3. The molecule has 2 heterocycles. The molecule has 0 unspecified atom stereocenters. The summed E-state index contributed by atoms with van der Waals surface area (Å²) in [5.41, 5.74) is 1.58. The summed E-state index contributed by atoms with van der Waals surface area (Å²) in [6.07, 6.45) is 10.1. The van der Waals surface area contributed by atoms with Crippen molar-refractivity contribution in [3.05, 3.63) is 41.7 Å². The molecule has 2 aromatic heterocycles. The van der Waals surface area contributed by atoms with Crippen molar-refractivity contribution >= 4 is 5.69 Å². The maximum Gasteiger partial charge on any atom is 0.147 e. The molecule has 2 aromatic rings. The van der Waals surface area contributed by atoms with E-state index in [1.807, 2.05) is 7.05 Å². The van der Waals surface area contributed by atoms with Gasteiger partial charge in [-0.1, -0.05) is 5.92 Å². The molecule has 0 saturated carbocycles. The highest BCUT2D eigenvalue weighted by atomic mass is 19.1. The molecular formula is C12H11FN4. The summed E-state index contributed by atoms with van der Waals surface area (Å²) in [7, 11) is 1.81. The van der Waals surface area contributed by atoms with Crippen LogP contribution in [-0.2, 0) is 13.6 Å². The van der Waals surface area contributed by atoms with E-state index in [9.17, 15) is 4.39 Å². The summed E-state index contributed by atoms with van der Waals surface area (Å²) in [5.74, 6) is 1.93. The lowest BCUT2D eigenvalue weighted by molar-refractivity contribution is 0.602. The maximum absolute atomic E-state index is 13.5. The molecule has 17 heavy (non-hydrogen) atoms. The number of terminal acetylenes is 1. The minimum atomic E-state index is -0.406. The van der Waals surface area contributed by atoms with Crippen LogP contribution in [0.2, 0.25) is 0 Å². The molecule has 0 fully saturated rings. The minimum absolute atomic E-state index is 0.294. The van der Waals surface area contributed by atoms with Gasteiger partial charge in [-0.25, -0.2) is 4.39 Å². The molecule has 0 radical (unpaired) electrons. The largest absolute Gasteiger partial charge is 0.377 e. The highest BCUT2D eigenvalue weighted by Gasteiger charge is 2.04. The van der Waals surface area contributed by atoms with E-state index in [0.29, 0.717) is 17.8 Å². The first-order chi connectivity index (χ1) is 8.19. The average molecular weight is 230 g/mol. The first-order valence-corrected chi connectivity index (χ1v) is 5.02. The summed E-state index contributed by atoms with van der Waals surface area (Å²) < 4.78 is 15.2. The summed E-state index contributed by atoms with van der Waals surface area (Å²) in [4.78, 5) is 3.96. The third kappa shape index (κ3) is 2.61. The molecular weight excluding hydrogens is 219 g/mol. The van der Waals surface area contributed by atoms with E-state index in [4.69, 9.17) is 6.42 Å². The lowest BCUT2D eigenvalue weighted by atomic mass is 10.2. The van der Waals surface area contributed by atoms with Crippen molar-refractivity contribution in [1.82, 2.24) is 14.8 Å². The Bertz CT molecular complexity index is 568. The van der Waals surface area contributed by atoms with Crippen molar-refractivity contribution < 1.29 is 4.39 Å². The zero-order chi connectivity index (χ0) is 12.3. The smallest absolute Gasteiger partial charge is 0.147 e. The van der Waals surface area contributed by atoms with E-state index in [2.05, 4.69) is 21.3 Å². The van der Waals surface area contributed by atoms with Gasteiger partial charge in [0.25, 0.3) is 0 Å². The van der Waals surface area contributed by atoms with Crippen molar-refractivity contribution in [2.75, 3.05) is 5.32 Å². The fourth-order valence-electron chi connectivity index (χ4n) is 1.37. The van der Waals surface area contributed by atoms with E-state index >= 15 is 0 Å². The molecule has 0 aromatic carbocycles. The van der Waals surface area contributed by atoms with Gasteiger partial charge in [-0.3, -0.25) is 9.67 Å². The summed E-state index contributed by atoms with van der Waals surface area (Å²) in [6.45, 7) is 0.294. The maximum atomic E-state index is 13.5. The average Bonchev–Trinajstić information content (AvgIpc) is 2.73. The normalized spacial score (nSPS) is 9.94. The number of aryl methyl sites for hydroxylation is 1. The SMILES string of the molecule is C#Cc1cnc(CNc2cnn(C)c2)c(F)c1. The molecule has 2 rings (SSSR count). The number of nitrogens with zero attached hydrogens (tertiary/aromatic N) is 3. The second kappa shape index (κ2) is 4.66. The van der Waals surface area contributed by atoms with E-state index in [-0.39, 0.29) is 0 Å². The molecule has 0 atom stereocenters. The molecule has 0 bridgehead atoms. The van der Waals surface area contributed by atoms with Crippen LogP contribution in [0.5, 0.6) is 0 Å². The van der Waals surface area contributed by atoms with Crippen LogP contribution in [0.25, 0.3) is 0 Å². The number of pyridine rings is 1. The summed E-state index contributed by atoms with van der Waals surface area (Å²) >= 11 is 0. The van der Waals surface area contributed by atoms with Crippen LogP contribution >= 0.6 is 0 Å². The van der Waals surface area contributed by atoms with Gasteiger partial charge in [0.2, 0.25) is 0 Å². The Morgan fingerprint density at radius 2 is 2.35 bits per heavy atom. The number of hydrogen-bond donors (Lipinski definition) is 1. The fourth-order valence-corrected chi connectivity index (χ4v) is 1.37. The van der Waals surface area contributed by atoms with Gasteiger partial charge < -0.3 is 5.32 Å². The van der Waals surface area contributed by atoms with Crippen molar-refractivity contribution in [2.24, 2.45) is 7.05 Å². The standard InChI is InChI=1S/C12H11FN4/c1-3-9-4-11(13)12(15-5-9)7-14-10-6-16-17(2)8-10/h1,4-6,8,14H,7H2,2H3. The van der Waals surface area contributed by atoms with Crippen LogP contribution in [0, 0.1) is 18.2 Å². The molecule has 0 saturated heterocycles. The summed E-state index contributed by atoms with van der Waals surface area (Å²) in [5, 5.41) is 7.01. The second-order valence-electron chi connectivity index (χ2n) is 3.55. The molecule has 5 heteroatoms. The Kier molecular flexibility index (Phi) is 3.06. The van der Waals surface area contributed by atoms with Gasteiger partial charge in [-0.05, 0) is 6.07 Å². The van der Waals surface area contributed by atoms with E-state index in [0.717, 1.165) is 5.69 Å². The number of nitrogens with one attached hydrogen (secondary N) is 1. The van der Waals surface area contributed by atoms with Gasteiger partial charge in [0.1, 0.15) is 5.82 Å². The van der Waals surface area contributed by atoms with Gasteiger partial charge in [-0.15, -0.1) is 6.42 Å². The van der Waals surface area contributed by atoms with Crippen molar-refractivity contribution in [1.29, 1.82) is 0 Å². The second-order valence-corrected chi connectivity index (χ2v) is 3.55. The molecule has 0 amide bonds. The quantitative estimate of drug-likeness (QED) is 0.813. The van der Waals surface area contributed by atoms with Gasteiger partial charge >= 0.3 is 0 Å². The molecule has 0 aliphatic heterocycles. The fraction of sp³-hybridized carbons (Fsp3) is 0.167. The predicted molar refractivity (Wildman–Crippen MR) is 62.7 cm³/mol. The van der Waals surface area contributed by atoms with E-state index in [1.54, 1.807) is 17.1 Å². The molecule has 4 nitrogen and oxygen atoms in total. The highest BCUT2D eigenvalue weighted by molar-refractivity contribution is 5.39. The number of halogens is 1. The van der Waals surface area contributed by atoms with Gasteiger partial charge in [0.15, 0.2) is 0 Å². The lowest BCUT2D eigenvalue weighted by Crippen LogP contribution is -2.04. The minimum Gasteiger partial charge on any atom is -0.377 e. The van der Waals surface area contributed by atoms with Gasteiger partial charge in [-0.2, -0.15) is 5.10 Å².